The summed E-state index contributed by atoms with van der Waals surface area (Å²) in [5.41, 5.74) is -0.173. The molecule has 0 spiro atoms. The van der Waals surface area contributed by atoms with E-state index in [1.54, 1.807) is 6.92 Å². The molecule has 1 atom stereocenters. The largest absolute Gasteiger partial charge is 0.480 e. The number of carboxylic acid groups (broad SMARTS) is 1. The molecule has 0 aliphatic carbocycles. The highest BCUT2D eigenvalue weighted by atomic mass is 16.5. The Kier molecular flexibility index (Phi) is 6.18. The minimum absolute atomic E-state index is 0.149. The smallest absolute Gasteiger partial charge is 0.329 e. The molecule has 0 aromatic heterocycles. The van der Waals surface area contributed by atoms with E-state index in [9.17, 15) is 9.59 Å². The fourth-order valence-corrected chi connectivity index (χ4v) is 1.59. The predicted octanol–water partition coefficient (Wildman–Crippen LogP) is 1.96. The quantitative estimate of drug-likeness (QED) is 0.713. The van der Waals surface area contributed by atoms with Crippen LogP contribution in [0.5, 0.6) is 0 Å². The first-order valence-electron chi connectivity index (χ1n) is 6.64. The van der Waals surface area contributed by atoms with Gasteiger partial charge in [-0.25, -0.2) is 4.79 Å². The first-order chi connectivity index (χ1) is 9.48. The molecule has 5 nitrogen and oxygen atoms in total. The summed E-state index contributed by atoms with van der Waals surface area (Å²) in [5, 5.41) is 11.6. The molecule has 1 aromatic rings. The van der Waals surface area contributed by atoms with Crippen LogP contribution in [0.3, 0.4) is 0 Å². The summed E-state index contributed by atoms with van der Waals surface area (Å²) in [6.45, 7) is 3.93. The first kappa shape index (κ1) is 16.2. The highest BCUT2D eigenvalue weighted by Crippen LogP contribution is 2.09. The van der Waals surface area contributed by atoms with Crippen molar-refractivity contribution in [1.29, 1.82) is 0 Å². The topological polar surface area (TPSA) is 75.6 Å². The lowest BCUT2D eigenvalue weighted by molar-refractivity contribution is -0.147. The van der Waals surface area contributed by atoms with E-state index in [1.165, 1.54) is 6.92 Å². The van der Waals surface area contributed by atoms with Gasteiger partial charge in [-0.2, -0.15) is 0 Å². The first-order valence-corrected chi connectivity index (χ1v) is 6.64. The SMILES string of the molecule is CCC(C)(NC(=O)CCOCc1ccccc1)C(=O)O. The molecule has 0 aliphatic rings. The minimum Gasteiger partial charge on any atom is -0.480 e. The van der Waals surface area contributed by atoms with Gasteiger partial charge in [0, 0.05) is 0 Å². The Morgan fingerprint density at radius 1 is 1.30 bits per heavy atom. The zero-order valence-corrected chi connectivity index (χ0v) is 11.9. The van der Waals surface area contributed by atoms with E-state index >= 15 is 0 Å². The summed E-state index contributed by atoms with van der Waals surface area (Å²) in [7, 11) is 0. The molecule has 0 fully saturated rings. The average Bonchev–Trinajstić information content (AvgIpc) is 2.44. The molecule has 2 N–H and O–H groups in total. The summed E-state index contributed by atoms with van der Waals surface area (Å²) in [4.78, 5) is 22.7. The van der Waals surface area contributed by atoms with Gasteiger partial charge in [0.05, 0.1) is 19.6 Å². The lowest BCUT2D eigenvalue weighted by Crippen LogP contribution is -2.51. The van der Waals surface area contributed by atoms with Gasteiger partial charge in [-0.05, 0) is 18.9 Å². The Morgan fingerprint density at radius 2 is 1.95 bits per heavy atom. The summed E-state index contributed by atoms with van der Waals surface area (Å²) < 4.78 is 5.39. The molecule has 0 bridgehead atoms. The Balaban J connectivity index is 2.28. The van der Waals surface area contributed by atoms with Crippen LogP contribution in [-0.4, -0.2) is 29.1 Å². The van der Waals surface area contributed by atoms with E-state index in [-0.39, 0.29) is 18.9 Å². The Morgan fingerprint density at radius 3 is 2.50 bits per heavy atom. The molecular weight excluding hydrogens is 258 g/mol. The predicted molar refractivity (Wildman–Crippen MR) is 75.2 cm³/mol. The molecule has 0 heterocycles. The van der Waals surface area contributed by atoms with E-state index in [4.69, 9.17) is 9.84 Å². The molecule has 1 unspecified atom stereocenters. The molecule has 0 radical (unpaired) electrons. The third-order valence-electron chi connectivity index (χ3n) is 3.18. The molecule has 20 heavy (non-hydrogen) atoms. The Bertz CT molecular complexity index is 446. The van der Waals surface area contributed by atoms with E-state index in [0.717, 1.165) is 5.56 Å². The van der Waals surface area contributed by atoms with Gasteiger partial charge in [0.15, 0.2) is 0 Å². The van der Waals surface area contributed by atoms with E-state index in [1.807, 2.05) is 30.3 Å². The van der Waals surface area contributed by atoms with Crippen molar-refractivity contribution in [2.24, 2.45) is 0 Å². The highest BCUT2D eigenvalue weighted by Gasteiger charge is 2.32. The van der Waals surface area contributed by atoms with Gasteiger partial charge in [0.2, 0.25) is 5.91 Å². The molecule has 0 saturated heterocycles. The number of ether oxygens (including phenoxy) is 1. The van der Waals surface area contributed by atoms with Crippen molar-refractivity contribution in [1.82, 2.24) is 5.32 Å². The van der Waals surface area contributed by atoms with E-state index in [0.29, 0.717) is 13.0 Å². The normalized spacial score (nSPS) is 13.5. The number of rotatable bonds is 8. The van der Waals surface area contributed by atoms with E-state index in [2.05, 4.69) is 5.32 Å². The second kappa shape index (κ2) is 7.65. The van der Waals surface area contributed by atoms with Crippen LogP contribution in [-0.2, 0) is 20.9 Å². The summed E-state index contributed by atoms with van der Waals surface area (Å²) in [6.07, 6.45) is 0.481. The van der Waals surface area contributed by atoms with Crippen molar-refractivity contribution < 1.29 is 19.4 Å². The molecule has 5 heteroatoms. The molecule has 1 rings (SSSR count). The van der Waals surface area contributed by atoms with Crippen LogP contribution >= 0.6 is 0 Å². The number of hydrogen-bond acceptors (Lipinski definition) is 3. The lowest BCUT2D eigenvalue weighted by atomic mass is 9.99. The van der Waals surface area contributed by atoms with Crippen LogP contribution in [0, 0.1) is 0 Å². The summed E-state index contributed by atoms with van der Waals surface area (Å²) in [6, 6.07) is 9.65. The van der Waals surface area contributed by atoms with Crippen LogP contribution < -0.4 is 5.32 Å². The second-order valence-electron chi connectivity index (χ2n) is 4.83. The number of carbonyl (C=O) groups is 2. The van der Waals surface area contributed by atoms with Gasteiger partial charge in [0.1, 0.15) is 5.54 Å². The zero-order valence-electron chi connectivity index (χ0n) is 11.9. The number of benzene rings is 1. The highest BCUT2D eigenvalue weighted by molar-refractivity contribution is 5.86. The summed E-state index contributed by atoms with van der Waals surface area (Å²) >= 11 is 0. The van der Waals surface area contributed by atoms with Gasteiger partial charge in [-0.15, -0.1) is 0 Å². The van der Waals surface area contributed by atoms with Crippen LogP contribution in [0.2, 0.25) is 0 Å². The molecule has 1 aromatic carbocycles. The van der Waals surface area contributed by atoms with Crippen molar-refractivity contribution in [3.8, 4) is 0 Å². The lowest BCUT2D eigenvalue weighted by Gasteiger charge is -2.24. The fourth-order valence-electron chi connectivity index (χ4n) is 1.59. The van der Waals surface area contributed by atoms with Gasteiger partial charge >= 0.3 is 5.97 Å². The average molecular weight is 279 g/mol. The number of carboxylic acids is 1. The van der Waals surface area contributed by atoms with Crippen molar-refractivity contribution >= 4 is 11.9 Å². The third kappa shape index (κ3) is 5.01. The molecule has 0 saturated carbocycles. The molecular formula is C15H21NO4. The fraction of sp³-hybridized carbons (Fsp3) is 0.467. The number of nitrogens with one attached hydrogen (secondary N) is 1. The zero-order chi connectivity index (χ0) is 15.0. The Labute approximate surface area is 118 Å². The third-order valence-corrected chi connectivity index (χ3v) is 3.18. The number of amides is 1. The van der Waals surface area contributed by atoms with Crippen molar-refractivity contribution in [3.63, 3.8) is 0 Å². The number of carbonyl (C=O) groups excluding carboxylic acids is 1. The van der Waals surface area contributed by atoms with Crippen molar-refractivity contribution in [3.05, 3.63) is 35.9 Å². The second-order valence-corrected chi connectivity index (χ2v) is 4.83. The standard InChI is InChI=1S/C15H21NO4/c1-3-15(2,14(18)19)16-13(17)9-10-20-11-12-7-5-4-6-8-12/h4-8H,3,9-11H2,1-2H3,(H,16,17)(H,18,19). The van der Waals surface area contributed by atoms with Gasteiger partial charge in [-0.1, -0.05) is 37.3 Å². The van der Waals surface area contributed by atoms with Crippen molar-refractivity contribution in [2.45, 2.75) is 38.8 Å². The minimum atomic E-state index is -1.21. The van der Waals surface area contributed by atoms with Crippen LogP contribution in [0.4, 0.5) is 0 Å². The molecule has 110 valence electrons. The van der Waals surface area contributed by atoms with Gasteiger partial charge < -0.3 is 15.2 Å². The number of hydrogen-bond donors (Lipinski definition) is 2. The monoisotopic (exact) mass is 279 g/mol. The van der Waals surface area contributed by atoms with Gasteiger partial charge in [0.25, 0.3) is 0 Å². The van der Waals surface area contributed by atoms with Crippen molar-refractivity contribution in [2.75, 3.05) is 6.61 Å². The van der Waals surface area contributed by atoms with E-state index < -0.39 is 11.5 Å². The van der Waals surface area contributed by atoms with Crippen LogP contribution in [0.25, 0.3) is 0 Å². The maximum Gasteiger partial charge on any atom is 0.329 e. The maximum absolute atomic E-state index is 11.7. The van der Waals surface area contributed by atoms with Crippen LogP contribution in [0.1, 0.15) is 32.3 Å². The maximum atomic E-state index is 11.7. The number of aliphatic carboxylic acids is 1. The van der Waals surface area contributed by atoms with Crippen LogP contribution in [0.15, 0.2) is 30.3 Å². The Hall–Kier alpha value is -1.88. The molecule has 1 amide bonds. The van der Waals surface area contributed by atoms with Gasteiger partial charge in [-0.3, -0.25) is 4.79 Å². The molecule has 0 aliphatic heterocycles. The summed E-state index contributed by atoms with van der Waals surface area (Å²) in [5.74, 6) is -1.34.